The van der Waals surface area contributed by atoms with Crippen LogP contribution in [0.3, 0.4) is 0 Å². The van der Waals surface area contributed by atoms with E-state index in [9.17, 15) is 14.0 Å². The maximum Gasteiger partial charge on any atom is 0.312 e. The summed E-state index contributed by atoms with van der Waals surface area (Å²) in [5.74, 6) is -0.464. The molecule has 122 valence electrons. The number of hydrogen-bond donors (Lipinski definition) is 3. The maximum atomic E-state index is 12.8. The van der Waals surface area contributed by atoms with Gasteiger partial charge in [-0.2, -0.15) is 0 Å². The van der Waals surface area contributed by atoms with E-state index in [1.165, 1.54) is 23.5 Å². The van der Waals surface area contributed by atoms with Gasteiger partial charge in [0.15, 0.2) is 0 Å². The second-order valence-corrected chi connectivity index (χ2v) is 5.99. The summed E-state index contributed by atoms with van der Waals surface area (Å²) < 4.78 is 12.8. The van der Waals surface area contributed by atoms with Gasteiger partial charge in [-0.25, -0.2) is 9.18 Å². The van der Waals surface area contributed by atoms with Crippen molar-refractivity contribution in [3.8, 4) is 0 Å². The highest BCUT2D eigenvalue weighted by Crippen LogP contribution is 2.21. The van der Waals surface area contributed by atoms with Crippen molar-refractivity contribution in [2.45, 2.75) is 18.9 Å². The number of hydrogen-bond acceptors (Lipinski definition) is 3. The average molecular weight is 335 g/mol. The van der Waals surface area contributed by atoms with E-state index in [2.05, 4.69) is 10.6 Å². The summed E-state index contributed by atoms with van der Waals surface area (Å²) in [5, 5.41) is 7.24. The Labute approximate surface area is 137 Å². The van der Waals surface area contributed by atoms with Crippen LogP contribution in [0.5, 0.6) is 0 Å². The molecule has 4 N–H and O–H groups in total. The van der Waals surface area contributed by atoms with Crippen molar-refractivity contribution in [2.75, 3.05) is 6.54 Å². The fraction of sp³-hybridized carbons (Fsp3) is 0.250. The van der Waals surface area contributed by atoms with Gasteiger partial charge >= 0.3 is 6.03 Å². The number of primary amides is 1. The lowest BCUT2D eigenvalue weighted by Gasteiger charge is -2.15. The Balaban J connectivity index is 1.82. The molecule has 23 heavy (non-hydrogen) atoms. The predicted molar refractivity (Wildman–Crippen MR) is 87.5 cm³/mol. The average Bonchev–Trinajstić information content (AvgIpc) is 3.02. The van der Waals surface area contributed by atoms with Crippen LogP contribution in [-0.2, 0) is 11.2 Å². The van der Waals surface area contributed by atoms with Crippen molar-refractivity contribution in [1.82, 2.24) is 10.6 Å². The number of benzene rings is 1. The molecule has 7 heteroatoms. The molecule has 0 spiro atoms. The van der Waals surface area contributed by atoms with Gasteiger partial charge in [-0.1, -0.05) is 18.2 Å². The summed E-state index contributed by atoms with van der Waals surface area (Å²) in [6.45, 7) is 0.443. The highest BCUT2D eigenvalue weighted by molar-refractivity contribution is 7.10. The molecular formula is C16H18FN3O2S. The fourth-order valence-corrected chi connectivity index (χ4v) is 2.92. The van der Waals surface area contributed by atoms with E-state index < -0.39 is 12.1 Å². The highest BCUT2D eigenvalue weighted by Gasteiger charge is 2.18. The molecule has 1 atom stereocenters. The van der Waals surface area contributed by atoms with Crippen LogP contribution in [-0.4, -0.2) is 18.5 Å². The van der Waals surface area contributed by atoms with Crippen LogP contribution in [0.25, 0.3) is 0 Å². The standard InChI is InChI=1S/C16H18FN3O2S/c17-12-5-3-11(4-6-12)7-8-19-15(21)10-13(20-16(18)22)14-2-1-9-23-14/h1-6,9,13H,7-8,10H2,(H,19,21)(H3,18,20,22)/t13-/m1/s1. The quantitative estimate of drug-likeness (QED) is 0.725. The van der Waals surface area contributed by atoms with Crippen LogP contribution < -0.4 is 16.4 Å². The minimum atomic E-state index is -0.664. The van der Waals surface area contributed by atoms with Gasteiger partial charge in [-0.15, -0.1) is 11.3 Å². The summed E-state index contributed by atoms with van der Waals surface area (Å²) in [6.07, 6.45) is 0.728. The Kier molecular flexibility index (Phi) is 6.10. The summed E-state index contributed by atoms with van der Waals surface area (Å²) in [7, 11) is 0. The van der Waals surface area contributed by atoms with Gasteiger partial charge < -0.3 is 16.4 Å². The molecule has 2 aromatic rings. The van der Waals surface area contributed by atoms with Crippen molar-refractivity contribution in [3.05, 3.63) is 58.0 Å². The number of nitrogens with two attached hydrogens (primary N) is 1. The lowest BCUT2D eigenvalue weighted by molar-refractivity contribution is -0.121. The van der Waals surface area contributed by atoms with Crippen LogP contribution >= 0.6 is 11.3 Å². The highest BCUT2D eigenvalue weighted by atomic mass is 32.1. The number of halogens is 1. The van der Waals surface area contributed by atoms with Gasteiger partial charge in [0.2, 0.25) is 5.91 Å². The second kappa shape index (κ2) is 8.28. The van der Waals surface area contributed by atoms with E-state index in [1.807, 2.05) is 17.5 Å². The van der Waals surface area contributed by atoms with Crippen LogP contribution in [0.15, 0.2) is 41.8 Å². The largest absolute Gasteiger partial charge is 0.356 e. The van der Waals surface area contributed by atoms with Gasteiger partial charge in [0, 0.05) is 11.4 Å². The Morgan fingerprint density at radius 3 is 2.57 bits per heavy atom. The molecule has 1 aromatic heterocycles. The first-order valence-electron chi connectivity index (χ1n) is 7.15. The number of rotatable bonds is 7. The third-order valence-electron chi connectivity index (χ3n) is 3.24. The zero-order valence-electron chi connectivity index (χ0n) is 12.4. The number of amides is 3. The zero-order chi connectivity index (χ0) is 16.7. The van der Waals surface area contributed by atoms with Gasteiger partial charge in [0.1, 0.15) is 5.82 Å². The SMILES string of the molecule is NC(=O)N[C@H](CC(=O)NCCc1ccc(F)cc1)c1cccs1. The summed E-state index contributed by atoms with van der Waals surface area (Å²) in [6, 6.07) is 8.75. The predicted octanol–water partition coefficient (Wildman–Crippen LogP) is 2.35. The van der Waals surface area contributed by atoms with Crippen LogP contribution in [0, 0.1) is 5.82 Å². The van der Waals surface area contributed by atoms with E-state index in [0.717, 1.165) is 10.4 Å². The molecule has 0 aliphatic rings. The Morgan fingerprint density at radius 1 is 1.22 bits per heavy atom. The topological polar surface area (TPSA) is 84.2 Å². The first kappa shape index (κ1) is 17.0. The molecule has 0 aliphatic carbocycles. The maximum absolute atomic E-state index is 12.8. The molecule has 3 amide bonds. The van der Waals surface area contributed by atoms with E-state index >= 15 is 0 Å². The van der Waals surface area contributed by atoms with Gasteiger partial charge in [0.25, 0.3) is 0 Å². The Morgan fingerprint density at radius 2 is 1.96 bits per heavy atom. The van der Waals surface area contributed by atoms with Gasteiger partial charge in [-0.05, 0) is 35.6 Å². The molecular weight excluding hydrogens is 317 g/mol. The molecule has 0 saturated carbocycles. The van der Waals surface area contributed by atoms with Crippen LogP contribution in [0.1, 0.15) is 22.9 Å². The molecule has 0 aliphatic heterocycles. The zero-order valence-corrected chi connectivity index (χ0v) is 13.2. The van der Waals surface area contributed by atoms with Gasteiger partial charge in [-0.3, -0.25) is 4.79 Å². The van der Waals surface area contributed by atoms with Crippen molar-refractivity contribution < 1.29 is 14.0 Å². The molecule has 0 saturated heterocycles. The molecule has 0 fully saturated rings. The summed E-state index contributed by atoms with van der Waals surface area (Å²) in [4.78, 5) is 24.0. The molecule has 2 rings (SSSR count). The van der Waals surface area contributed by atoms with Crippen LogP contribution in [0.2, 0.25) is 0 Å². The van der Waals surface area contributed by atoms with E-state index in [1.54, 1.807) is 12.1 Å². The first-order chi connectivity index (χ1) is 11.0. The third kappa shape index (κ3) is 5.71. The smallest absolute Gasteiger partial charge is 0.312 e. The van der Waals surface area contributed by atoms with E-state index in [0.29, 0.717) is 13.0 Å². The molecule has 0 radical (unpaired) electrons. The molecule has 5 nitrogen and oxygen atoms in total. The summed E-state index contributed by atoms with van der Waals surface area (Å²) >= 11 is 1.45. The van der Waals surface area contributed by atoms with Crippen molar-refractivity contribution in [3.63, 3.8) is 0 Å². The number of carbonyl (C=O) groups is 2. The van der Waals surface area contributed by atoms with Crippen LogP contribution in [0.4, 0.5) is 9.18 Å². The monoisotopic (exact) mass is 335 g/mol. The van der Waals surface area contributed by atoms with E-state index in [4.69, 9.17) is 5.73 Å². The molecule has 0 unspecified atom stereocenters. The minimum Gasteiger partial charge on any atom is -0.356 e. The summed E-state index contributed by atoms with van der Waals surface area (Å²) in [5.41, 5.74) is 6.10. The number of carbonyl (C=O) groups excluding carboxylic acids is 2. The van der Waals surface area contributed by atoms with Crippen molar-refractivity contribution in [2.24, 2.45) is 5.73 Å². The number of urea groups is 1. The van der Waals surface area contributed by atoms with Crippen molar-refractivity contribution >= 4 is 23.3 Å². The lowest BCUT2D eigenvalue weighted by atomic mass is 10.1. The normalized spacial score (nSPS) is 11.7. The Bertz CT molecular complexity index is 644. The minimum absolute atomic E-state index is 0.118. The second-order valence-electron chi connectivity index (χ2n) is 5.01. The lowest BCUT2D eigenvalue weighted by Crippen LogP contribution is -2.36. The number of nitrogens with one attached hydrogen (secondary N) is 2. The molecule has 1 heterocycles. The van der Waals surface area contributed by atoms with Crippen molar-refractivity contribution in [1.29, 1.82) is 0 Å². The molecule has 1 aromatic carbocycles. The third-order valence-corrected chi connectivity index (χ3v) is 4.23. The Hall–Kier alpha value is -2.41. The van der Waals surface area contributed by atoms with Gasteiger partial charge in [0.05, 0.1) is 12.5 Å². The van der Waals surface area contributed by atoms with E-state index in [-0.39, 0.29) is 18.1 Å². The fourth-order valence-electron chi connectivity index (χ4n) is 2.14. The first-order valence-corrected chi connectivity index (χ1v) is 8.03. The molecule has 0 bridgehead atoms. The number of thiophene rings is 1.